The number of carbonyl (C=O) groups excluding carboxylic acids is 1. The van der Waals surface area contributed by atoms with Gasteiger partial charge in [-0.3, -0.25) is 4.79 Å². The van der Waals surface area contributed by atoms with E-state index in [0.717, 1.165) is 18.7 Å². The fourth-order valence-corrected chi connectivity index (χ4v) is 3.12. The van der Waals surface area contributed by atoms with Crippen LogP contribution in [0.5, 0.6) is 0 Å². The molecule has 2 N–H and O–H groups in total. The first kappa shape index (κ1) is 15.8. The predicted octanol–water partition coefficient (Wildman–Crippen LogP) is 4.03. The molecule has 0 bridgehead atoms. The standard InChI is InChI=1S/C20H24N2O/c1-14(2)15-7-9-17(10-8-15)22-20(23)13-19-18-6-4-3-5-16(18)11-12-21-19/h3-10,14,19,21H,11-13H2,1-2H3,(H,22,23). The van der Waals surface area contributed by atoms with Gasteiger partial charge in [-0.2, -0.15) is 0 Å². The average molecular weight is 308 g/mol. The van der Waals surface area contributed by atoms with Crippen LogP contribution in [0.3, 0.4) is 0 Å². The van der Waals surface area contributed by atoms with Gasteiger partial charge >= 0.3 is 0 Å². The molecule has 23 heavy (non-hydrogen) atoms. The number of hydrogen-bond donors (Lipinski definition) is 2. The summed E-state index contributed by atoms with van der Waals surface area (Å²) in [7, 11) is 0. The van der Waals surface area contributed by atoms with Crippen LogP contribution in [0.1, 0.15) is 48.9 Å². The summed E-state index contributed by atoms with van der Waals surface area (Å²) >= 11 is 0. The van der Waals surface area contributed by atoms with E-state index < -0.39 is 0 Å². The maximum Gasteiger partial charge on any atom is 0.226 e. The monoisotopic (exact) mass is 308 g/mol. The molecule has 0 fully saturated rings. The van der Waals surface area contributed by atoms with E-state index in [-0.39, 0.29) is 11.9 Å². The van der Waals surface area contributed by atoms with E-state index in [2.05, 4.69) is 54.8 Å². The number of anilines is 1. The highest BCUT2D eigenvalue weighted by Gasteiger charge is 2.21. The molecule has 0 spiro atoms. The zero-order valence-corrected chi connectivity index (χ0v) is 13.8. The molecule has 120 valence electrons. The van der Waals surface area contributed by atoms with Crippen molar-refractivity contribution in [2.24, 2.45) is 0 Å². The molecule has 0 radical (unpaired) electrons. The highest BCUT2D eigenvalue weighted by Crippen LogP contribution is 2.25. The topological polar surface area (TPSA) is 41.1 Å². The van der Waals surface area contributed by atoms with Gasteiger partial charge in [0.2, 0.25) is 5.91 Å². The number of rotatable bonds is 4. The van der Waals surface area contributed by atoms with Crippen molar-refractivity contribution < 1.29 is 4.79 Å². The first-order valence-electron chi connectivity index (χ1n) is 8.34. The Bertz CT molecular complexity index is 676. The lowest BCUT2D eigenvalue weighted by atomic mass is 9.92. The van der Waals surface area contributed by atoms with Gasteiger partial charge in [-0.25, -0.2) is 0 Å². The second kappa shape index (κ2) is 6.97. The van der Waals surface area contributed by atoms with Crippen LogP contribution in [0.2, 0.25) is 0 Å². The number of amides is 1. The van der Waals surface area contributed by atoms with Gasteiger partial charge in [0.15, 0.2) is 0 Å². The average Bonchev–Trinajstić information content (AvgIpc) is 2.55. The number of fused-ring (bicyclic) bond motifs is 1. The van der Waals surface area contributed by atoms with E-state index in [0.29, 0.717) is 12.3 Å². The highest BCUT2D eigenvalue weighted by molar-refractivity contribution is 5.91. The van der Waals surface area contributed by atoms with Crippen LogP contribution in [0.4, 0.5) is 5.69 Å². The summed E-state index contributed by atoms with van der Waals surface area (Å²) in [4.78, 5) is 12.4. The molecule has 1 aliphatic heterocycles. The molecule has 2 aromatic carbocycles. The fraction of sp³-hybridized carbons (Fsp3) is 0.350. The fourth-order valence-electron chi connectivity index (χ4n) is 3.12. The van der Waals surface area contributed by atoms with E-state index in [1.165, 1.54) is 16.7 Å². The highest BCUT2D eigenvalue weighted by atomic mass is 16.1. The maximum absolute atomic E-state index is 12.4. The Hall–Kier alpha value is -2.13. The first-order chi connectivity index (χ1) is 11.1. The zero-order valence-electron chi connectivity index (χ0n) is 13.8. The summed E-state index contributed by atoms with van der Waals surface area (Å²) in [5.74, 6) is 0.555. The van der Waals surface area contributed by atoms with Gasteiger partial charge in [-0.1, -0.05) is 50.2 Å². The summed E-state index contributed by atoms with van der Waals surface area (Å²) in [5, 5.41) is 6.46. The van der Waals surface area contributed by atoms with Crippen LogP contribution < -0.4 is 10.6 Å². The maximum atomic E-state index is 12.4. The molecular formula is C20H24N2O. The predicted molar refractivity (Wildman–Crippen MR) is 94.7 cm³/mol. The SMILES string of the molecule is CC(C)c1ccc(NC(=O)CC2NCCc3ccccc32)cc1. The number of nitrogens with one attached hydrogen (secondary N) is 2. The van der Waals surface area contributed by atoms with Crippen LogP contribution in [-0.2, 0) is 11.2 Å². The Morgan fingerprint density at radius 1 is 1.17 bits per heavy atom. The van der Waals surface area contributed by atoms with Gasteiger partial charge in [0, 0.05) is 18.2 Å². The molecule has 1 atom stereocenters. The lowest BCUT2D eigenvalue weighted by Crippen LogP contribution is -2.32. The molecule has 3 nitrogen and oxygen atoms in total. The van der Waals surface area contributed by atoms with E-state index in [1.807, 2.05) is 18.2 Å². The number of benzene rings is 2. The van der Waals surface area contributed by atoms with Gasteiger partial charge in [0.05, 0.1) is 0 Å². The molecule has 3 heteroatoms. The Labute approximate surface area is 138 Å². The quantitative estimate of drug-likeness (QED) is 0.895. The molecule has 3 rings (SSSR count). The van der Waals surface area contributed by atoms with Gasteiger partial charge in [0.25, 0.3) is 0 Å². The summed E-state index contributed by atoms with van der Waals surface area (Å²) < 4.78 is 0. The number of carbonyl (C=O) groups is 1. The van der Waals surface area contributed by atoms with Crippen molar-refractivity contribution in [2.75, 3.05) is 11.9 Å². The normalized spacial score (nSPS) is 16.9. The van der Waals surface area contributed by atoms with E-state index in [9.17, 15) is 4.79 Å². The van der Waals surface area contributed by atoms with Crippen molar-refractivity contribution in [3.05, 3.63) is 65.2 Å². The third kappa shape index (κ3) is 3.80. The van der Waals surface area contributed by atoms with Crippen molar-refractivity contribution in [2.45, 2.75) is 38.6 Å². The van der Waals surface area contributed by atoms with Gasteiger partial charge in [0.1, 0.15) is 0 Å². The molecular weight excluding hydrogens is 284 g/mol. The third-order valence-corrected chi connectivity index (χ3v) is 4.47. The van der Waals surface area contributed by atoms with Crippen LogP contribution in [0.25, 0.3) is 0 Å². The van der Waals surface area contributed by atoms with Crippen LogP contribution in [0.15, 0.2) is 48.5 Å². The minimum atomic E-state index is 0.0523. The molecule has 1 heterocycles. The second-order valence-electron chi connectivity index (χ2n) is 6.48. The Kier molecular flexibility index (Phi) is 4.77. The first-order valence-corrected chi connectivity index (χ1v) is 8.34. The molecule has 2 aromatic rings. The van der Waals surface area contributed by atoms with Gasteiger partial charge in [-0.05, 0) is 47.7 Å². The number of hydrogen-bond acceptors (Lipinski definition) is 2. The van der Waals surface area contributed by atoms with Crippen LogP contribution in [-0.4, -0.2) is 12.5 Å². The van der Waals surface area contributed by atoms with Gasteiger partial charge < -0.3 is 10.6 Å². The minimum absolute atomic E-state index is 0.0523. The summed E-state index contributed by atoms with van der Waals surface area (Å²) in [6.07, 6.45) is 1.49. The van der Waals surface area contributed by atoms with Gasteiger partial charge in [-0.15, -0.1) is 0 Å². The summed E-state index contributed by atoms with van der Waals surface area (Å²) in [6, 6.07) is 16.6. The van der Waals surface area contributed by atoms with Crippen LogP contribution >= 0.6 is 0 Å². The Morgan fingerprint density at radius 3 is 2.65 bits per heavy atom. The Balaban J connectivity index is 1.64. The summed E-state index contributed by atoms with van der Waals surface area (Å²) in [5.41, 5.74) is 4.75. The van der Waals surface area contributed by atoms with Crippen molar-refractivity contribution in [1.82, 2.24) is 5.32 Å². The second-order valence-corrected chi connectivity index (χ2v) is 6.48. The lowest BCUT2D eigenvalue weighted by molar-refractivity contribution is -0.116. The Morgan fingerprint density at radius 2 is 1.91 bits per heavy atom. The van der Waals surface area contributed by atoms with E-state index in [4.69, 9.17) is 0 Å². The smallest absolute Gasteiger partial charge is 0.226 e. The third-order valence-electron chi connectivity index (χ3n) is 4.47. The lowest BCUT2D eigenvalue weighted by Gasteiger charge is -2.26. The van der Waals surface area contributed by atoms with E-state index >= 15 is 0 Å². The molecule has 1 unspecified atom stereocenters. The molecule has 0 aromatic heterocycles. The largest absolute Gasteiger partial charge is 0.326 e. The molecule has 1 amide bonds. The van der Waals surface area contributed by atoms with Crippen molar-refractivity contribution >= 4 is 11.6 Å². The minimum Gasteiger partial charge on any atom is -0.326 e. The molecule has 0 saturated heterocycles. The zero-order chi connectivity index (χ0) is 16.2. The molecule has 0 aliphatic carbocycles. The van der Waals surface area contributed by atoms with Crippen molar-refractivity contribution in [1.29, 1.82) is 0 Å². The van der Waals surface area contributed by atoms with Crippen molar-refractivity contribution in [3.63, 3.8) is 0 Å². The van der Waals surface area contributed by atoms with Crippen molar-refractivity contribution in [3.8, 4) is 0 Å². The summed E-state index contributed by atoms with van der Waals surface area (Å²) in [6.45, 7) is 5.26. The molecule has 0 saturated carbocycles. The molecule has 1 aliphatic rings. The van der Waals surface area contributed by atoms with Crippen LogP contribution in [0, 0.1) is 0 Å². The van der Waals surface area contributed by atoms with E-state index in [1.54, 1.807) is 0 Å².